The number of hydrogen-bond donors (Lipinski definition) is 2. The van der Waals surface area contributed by atoms with Gasteiger partial charge in [-0.1, -0.05) is 12.1 Å². The van der Waals surface area contributed by atoms with E-state index in [0.717, 1.165) is 15.7 Å². The molecule has 98 valence electrons. The van der Waals surface area contributed by atoms with Crippen molar-refractivity contribution in [1.29, 1.82) is 0 Å². The first-order valence-electron chi connectivity index (χ1n) is 5.89. The number of carbonyl (C=O) groups excluding carboxylic acids is 1. The zero-order valence-electron chi connectivity index (χ0n) is 10.4. The van der Waals surface area contributed by atoms with Gasteiger partial charge in [0.25, 0.3) is 0 Å². The number of nitrogens with zero attached hydrogens (tertiary/aromatic N) is 1. The van der Waals surface area contributed by atoms with Crippen LogP contribution in [0.5, 0.6) is 0 Å². The predicted molar refractivity (Wildman–Crippen MR) is 78.9 cm³/mol. The molecular formula is C14H14BrN3O. The minimum Gasteiger partial charge on any atom is -0.331 e. The fraction of sp³-hybridized carbons (Fsp3) is 0.143. The van der Waals surface area contributed by atoms with E-state index in [9.17, 15) is 4.79 Å². The molecule has 0 bridgehead atoms. The van der Waals surface area contributed by atoms with Gasteiger partial charge in [0.15, 0.2) is 0 Å². The van der Waals surface area contributed by atoms with Crippen LogP contribution in [0.25, 0.3) is 0 Å². The largest absolute Gasteiger partial charge is 0.331 e. The summed E-state index contributed by atoms with van der Waals surface area (Å²) in [5, 5.41) is 5.67. The number of aromatic nitrogens is 1. The van der Waals surface area contributed by atoms with Crippen LogP contribution in [-0.2, 0) is 0 Å². The average Bonchev–Trinajstić information content (AvgIpc) is 2.42. The maximum Gasteiger partial charge on any atom is 0.319 e. The molecule has 0 saturated carbocycles. The van der Waals surface area contributed by atoms with Gasteiger partial charge in [-0.25, -0.2) is 4.79 Å². The Morgan fingerprint density at radius 2 is 1.89 bits per heavy atom. The van der Waals surface area contributed by atoms with Crippen LogP contribution in [0.2, 0.25) is 0 Å². The normalized spacial score (nSPS) is 11.7. The Bertz CT molecular complexity index is 560. The summed E-state index contributed by atoms with van der Waals surface area (Å²) in [5.74, 6) is 0. The summed E-state index contributed by atoms with van der Waals surface area (Å²) in [6.45, 7) is 1.93. The highest BCUT2D eigenvalue weighted by Gasteiger charge is 2.10. The number of nitrogens with one attached hydrogen (secondary N) is 2. The van der Waals surface area contributed by atoms with Crippen LogP contribution in [0.15, 0.2) is 53.3 Å². The van der Waals surface area contributed by atoms with Crippen LogP contribution >= 0.6 is 15.9 Å². The number of halogens is 1. The van der Waals surface area contributed by atoms with Gasteiger partial charge in [0.05, 0.1) is 11.7 Å². The maximum absolute atomic E-state index is 11.9. The third-order valence-corrected chi connectivity index (χ3v) is 3.37. The molecule has 1 heterocycles. The summed E-state index contributed by atoms with van der Waals surface area (Å²) in [4.78, 5) is 15.8. The number of carbonyl (C=O) groups is 1. The number of para-hydroxylation sites is 1. The Labute approximate surface area is 120 Å². The van der Waals surface area contributed by atoms with Crippen molar-refractivity contribution >= 4 is 27.6 Å². The van der Waals surface area contributed by atoms with Crippen molar-refractivity contribution in [3.05, 3.63) is 58.8 Å². The molecule has 1 atom stereocenters. The van der Waals surface area contributed by atoms with E-state index >= 15 is 0 Å². The molecular weight excluding hydrogens is 306 g/mol. The van der Waals surface area contributed by atoms with Crippen molar-refractivity contribution in [2.24, 2.45) is 0 Å². The second-order valence-electron chi connectivity index (χ2n) is 4.08. The molecule has 0 aliphatic carbocycles. The van der Waals surface area contributed by atoms with Crippen molar-refractivity contribution in [2.75, 3.05) is 5.32 Å². The predicted octanol–water partition coefficient (Wildman–Crippen LogP) is 3.73. The molecule has 4 nitrogen and oxygen atoms in total. The zero-order chi connectivity index (χ0) is 13.7. The Morgan fingerprint density at radius 3 is 2.58 bits per heavy atom. The molecule has 0 saturated heterocycles. The molecule has 1 aromatic heterocycles. The number of urea groups is 1. The lowest BCUT2D eigenvalue weighted by Gasteiger charge is -2.15. The lowest BCUT2D eigenvalue weighted by atomic mass is 10.1. The highest BCUT2D eigenvalue weighted by atomic mass is 79.9. The van der Waals surface area contributed by atoms with E-state index in [2.05, 4.69) is 31.5 Å². The molecule has 2 N–H and O–H groups in total. The van der Waals surface area contributed by atoms with E-state index in [-0.39, 0.29) is 12.1 Å². The number of pyridine rings is 1. The first-order chi connectivity index (χ1) is 9.16. The zero-order valence-corrected chi connectivity index (χ0v) is 12.0. The van der Waals surface area contributed by atoms with Gasteiger partial charge in [0.2, 0.25) is 0 Å². The molecule has 0 aliphatic heterocycles. The van der Waals surface area contributed by atoms with Gasteiger partial charge in [0.1, 0.15) is 0 Å². The Balaban J connectivity index is 1.97. The number of anilines is 1. The molecule has 2 amide bonds. The van der Waals surface area contributed by atoms with Crippen LogP contribution in [0.1, 0.15) is 18.5 Å². The quantitative estimate of drug-likeness (QED) is 0.905. The number of rotatable bonds is 3. The maximum atomic E-state index is 11.9. The van der Waals surface area contributed by atoms with Gasteiger partial charge in [-0.05, 0) is 52.7 Å². The summed E-state index contributed by atoms with van der Waals surface area (Å²) in [6.07, 6.45) is 3.42. The van der Waals surface area contributed by atoms with Crippen molar-refractivity contribution in [3.8, 4) is 0 Å². The highest BCUT2D eigenvalue weighted by Crippen LogP contribution is 2.21. The van der Waals surface area contributed by atoms with Crippen LogP contribution < -0.4 is 10.6 Å². The van der Waals surface area contributed by atoms with Gasteiger partial charge in [0, 0.05) is 16.9 Å². The first-order valence-corrected chi connectivity index (χ1v) is 6.68. The summed E-state index contributed by atoms with van der Waals surface area (Å²) in [5.41, 5.74) is 1.75. The van der Waals surface area contributed by atoms with E-state index < -0.39 is 0 Å². The van der Waals surface area contributed by atoms with Crippen LogP contribution in [-0.4, -0.2) is 11.0 Å². The van der Waals surface area contributed by atoms with E-state index in [1.54, 1.807) is 12.4 Å². The standard InChI is InChI=1S/C14H14BrN3O/c1-10(11-6-8-16-9-7-11)17-14(19)18-13-5-3-2-4-12(13)15/h2-10H,1H3,(H2,17,18,19)/t10-/m0/s1. The monoisotopic (exact) mass is 319 g/mol. The van der Waals surface area contributed by atoms with Crippen LogP contribution in [0.3, 0.4) is 0 Å². The molecule has 0 fully saturated rings. The van der Waals surface area contributed by atoms with E-state index in [1.807, 2.05) is 43.3 Å². The Morgan fingerprint density at radius 1 is 1.21 bits per heavy atom. The number of hydrogen-bond acceptors (Lipinski definition) is 2. The summed E-state index contributed by atoms with van der Waals surface area (Å²) >= 11 is 3.39. The fourth-order valence-electron chi connectivity index (χ4n) is 1.65. The summed E-state index contributed by atoms with van der Waals surface area (Å²) in [6, 6.07) is 10.9. The third kappa shape index (κ3) is 3.79. The van der Waals surface area contributed by atoms with Gasteiger partial charge in [-0.3, -0.25) is 4.98 Å². The van der Waals surface area contributed by atoms with E-state index in [4.69, 9.17) is 0 Å². The minimum atomic E-state index is -0.240. The highest BCUT2D eigenvalue weighted by molar-refractivity contribution is 9.10. The van der Waals surface area contributed by atoms with E-state index in [1.165, 1.54) is 0 Å². The topological polar surface area (TPSA) is 54.0 Å². The smallest absolute Gasteiger partial charge is 0.319 e. The molecule has 5 heteroatoms. The molecule has 0 unspecified atom stereocenters. The SMILES string of the molecule is C[C@H](NC(=O)Nc1ccccc1Br)c1ccncc1. The Kier molecular flexibility index (Phi) is 4.52. The van der Waals surface area contributed by atoms with Gasteiger partial charge in [-0.15, -0.1) is 0 Å². The molecule has 0 aliphatic rings. The van der Waals surface area contributed by atoms with Crippen molar-refractivity contribution in [2.45, 2.75) is 13.0 Å². The number of benzene rings is 1. The second-order valence-corrected chi connectivity index (χ2v) is 4.93. The van der Waals surface area contributed by atoms with Crippen molar-refractivity contribution in [3.63, 3.8) is 0 Å². The van der Waals surface area contributed by atoms with Crippen molar-refractivity contribution in [1.82, 2.24) is 10.3 Å². The van der Waals surface area contributed by atoms with Gasteiger partial charge < -0.3 is 10.6 Å². The summed E-state index contributed by atoms with van der Waals surface area (Å²) in [7, 11) is 0. The average molecular weight is 320 g/mol. The van der Waals surface area contributed by atoms with Crippen molar-refractivity contribution < 1.29 is 4.79 Å². The van der Waals surface area contributed by atoms with Gasteiger partial charge in [-0.2, -0.15) is 0 Å². The van der Waals surface area contributed by atoms with Gasteiger partial charge >= 0.3 is 6.03 Å². The first kappa shape index (κ1) is 13.5. The lowest BCUT2D eigenvalue weighted by Crippen LogP contribution is -2.31. The summed E-state index contributed by atoms with van der Waals surface area (Å²) < 4.78 is 0.849. The van der Waals surface area contributed by atoms with Crippen LogP contribution in [0.4, 0.5) is 10.5 Å². The van der Waals surface area contributed by atoms with Crippen LogP contribution in [0, 0.1) is 0 Å². The third-order valence-electron chi connectivity index (χ3n) is 2.68. The minimum absolute atomic E-state index is 0.0783. The molecule has 19 heavy (non-hydrogen) atoms. The fourth-order valence-corrected chi connectivity index (χ4v) is 2.04. The molecule has 2 aromatic rings. The van der Waals surface area contributed by atoms with E-state index in [0.29, 0.717) is 0 Å². The number of amides is 2. The second kappa shape index (κ2) is 6.33. The molecule has 0 spiro atoms. The molecule has 0 radical (unpaired) electrons. The molecule has 1 aromatic carbocycles. The lowest BCUT2D eigenvalue weighted by molar-refractivity contribution is 0.249. The Hall–Kier alpha value is -1.88. The molecule has 2 rings (SSSR count).